The first-order valence-corrected chi connectivity index (χ1v) is 11.2. The van der Waals surface area contributed by atoms with E-state index in [9.17, 15) is 14.7 Å². The Balaban J connectivity index is 1.78. The summed E-state index contributed by atoms with van der Waals surface area (Å²) in [6.07, 6.45) is 1.22. The van der Waals surface area contributed by atoms with Gasteiger partial charge in [0.2, 0.25) is 0 Å². The van der Waals surface area contributed by atoms with E-state index in [-0.39, 0.29) is 17.9 Å². The number of aliphatic hydroxyl groups is 1. The quantitative estimate of drug-likeness (QED) is 0.642. The van der Waals surface area contributed by atoms with Gasteiger partial charge in [-0.15, -0.1) is 0 Å². The standard InChI is InChI=1S/C26H33NO4/c1-17(2)21-15-14-18(3)16-22(21)31-26(30)24(28)23(19-10-6-4-7-11-19)27-25(29)20-12-8-5-9-13-20/h4-13,17-18,21-24,28H,14-16H2,1-3H3,(H,27,29). The van der Waals surface area contributed by atoms with Gasteiger partial charge in [0.25, 0.3) is 5.91 Å². The highest BCUT2D eigenvalue weighted by Gasteiger charge is 2.37. The number of hydrogen-bond donors (Lipinski definition) is 2. The maximum atomic E-state index is 13.0. The van der Waals surface area contributed by atoms with Crippen molar-refractivity contribution in [2.45, 2.75) is 58.3 Å². The van der Waals surface area contributed by atoms with E-state index in [1.807, 2.05) is 24.3 Å². The summed E-state index contributed by atoms with van der Waals surface area (Å²) in [6, 6.07) is 16.9. The van der Waals surface area contributed by atoms with E-state index in [0.29, 0.717) is 23.0 Å². The molecule has 0 bridgehead atoms. The van der Waals surface area contributed by atoms with E-state index < -0.39 is 18.1 Å². The Morgan fingerprint density at radius 3 is 2.23 bits per heavy atom. The van der Waals surface area contributed by atoms with E-state index in [1.54, 1.807) is 36.4 Å². The van der Waals surface area contributed by atoms with Crippen LogP contribution in [0.2, 0.25) is 0 Å². The normalized spacial score (nSPS) is 23.1. The van der Waals surface area contributed by atoms with Crippen molar-refractivity contribution in [3.8, 4) is 0 Å². The number of amides is 1. The van der Waals surface area contributed by atoms with Gasteiger partial charge in [-0.1, -0.05) is 75.7 Å². The lowest BCUT2D eigenvalue weighted by Gasteiger charge is -2.37. The summed E-state index contributed by atoms with van der Waals surface area (Å²) in [7, 11) is 0. The van der Waals surface area contributed by atoms with E-state index in [2.05, 4.69) is 26.1 Å². The number of rotatable bonds is 7. The Hall–Kier alpha value is -2.66. The van der Waals surface area contributed by atoms with Crippen LogP contribution in [-0.4, -0.2) is 29.2 Å². The van der Waals surface area contributed by atoms with Crippen LogP contribution in [0.3, 0.4) is 0 Å². The van der Waals surface area contributed by atoms with Crippen molar-refractivity contribution in [2.75, 3.05) is 0 Å². The van der Waals surface area contributed by atoms with E-state index in [1.165, 1.54) is 0 Å². The van der Waals surface area contributed by atoms with Gasteiger partial charge in [-0.05, 0) is 48.3 Å². The molecule has 0 aromatic heterocycles. The summed E-state index contributed by atoms with van der Waals surface area (Å²) in [6.45, 7) is 6.45. The fourth-order valence-electron chi connectivity index (χ4n) is 4.42. The molecule has 5 unspecified atom stereocenters. The third kappa shape index (κ3) is 5.95. The van der Waals surface area contributed by atoms with Crippen molar-refractivity contribution in [1.82, 2.24) is 5.32 Å². The third-order valence-corrected chi connectivity index (χ3v) is 6.27. The largest absolute Gasteiger partial charge is 0.460 e. The van der Waals surface area contributed by atoms with Crippen LogP contribution < -0.4 is 5.32 Å². The molecule has 1 amide bonds. The van der Waals surface area contributed by atoms with Gasteiger partial charge in [0, 0.05) is 5.56 Å². The molecule has 2 aromatic carbocycles. The molecule has 0 aliphatic heterocycles. The topological polar surface area (TPSA) is 75.6 Å². The minimum atomic E-state index is -1.50. The molecule has 1 aliphatic rings. The molecule has 166 valence electrons. The molecule has 1 saturated carbocycles. The zero-order valence-electron chi connectivity index (χ0n) is 18.5. The second kappa shape index (κ2) is 10.6. The van der Waals surface area contributed by atoms with E-state index >= 15 is 0 Å². The summed E-state index contributed by atoms with van der Waals surface area (Å²) in [5, 5.41) is 13.8. The highest BCUT2D eigenvalue weighted by atomic mass is 16.6. The van der Waals surface area contributed by atoms with Crippen LogP contribution in [0.5, 0.6) is 0 Å². The van der Waals surface area contributed by atoms with Gasteiger partial charge in [-0.3, -0.25) is 4.79 Å². The third-order valence-electron chi connectivity index (χ3n) is 6.27. The Kier molecular flexibility index (Phi) is 7.85. The van der Waals surface area contributed by atoms with Crippen molar-refractivity contribution < 1.29 is 19.4 Å². The SMILES string of the molecule is CC1CCC(C(C)C)C(OC(=O)C(O)C(NC(=O)c2ccccc2)c2ccccc2)C1. The van der Waals surface area contributed by atoms with Crippen LogP contribution in [-0.2, 0) is 9.53 Å². The first-order valence-electron chi connectivity index (χ1n) is 11.2. The molecule has 2 aromatic rings. The Morgan fingerprint density at radius 2 is 1.61 bits per heavy atom. The maximum Gasteiger partial charge on any atom is 0.337 e. The molecule has 5 nitrogen and oxygen atoms in total. The van der Waals surface area contributed by atoms with Gasteiger partial charge in [-0.25, -0.2) is 4.79 Å². The summed E-state index contributed by atoms with van der Waals surface area (Å²) < 4.78 is 5.85. The van der Waals surface area contributed by atoms with Gasteiger partial charge in [-0.2, -0.15) is 0 Å². The van der Waals surface area contributed by atoms with Crippen molar-refractivity contribution >= 4 is 11.9 Å². The highest BCUT2D eigenvalue weighted by molar-refractivity contribution is 5.94. The average Bonchev–Trinajstić information content (AvgIpc) is 2.77. The van der Waals surface area contributed by atoms with Crippen LogP contribution in [0.1, 0.15) is 62.0 Å². The average molecular weight is 424 g/mol. The van der Waals surface area contributed by atoms with Crippen LogP contribution in [0.15, 0.2) is 60.7 Å². The lowest BCUT2D eigenvalue weighted by atomic mass is 9.75. The molecule has 5 atom stereocenters. The van der Waals surface area contributed by atoms with Gasteiger partial charge in [0.15, 0.2) is 6.10 Å². The molecule has 1 aliphatic carbocycles. The predicted octanol–water partition coefficient (Wildman–Crippen LogP) is 4.52. The van der Waals surface area contributed by atoms with Crippen molar-refractivity contribution in [2.24, 2.45) is 17.8 Å². The number of aliphatic hydroxyl groups excluding tert-OH is 1. The summed E-state index contributed by atoms with van der Waals surface area (Å²) in [5.74, 6) is 0.110. The number of carbonyl (C=O) groups excluding carboxylic acids is 2. The predicted molar refractivity (Wildman–Crippen MR) is 120 cm³/mol. The smallest absolute Gasteiger partial charge is 0.337 e. The summed E-state index contributed by atoms with van der Waals surface area (Å²) in [5.41, 5.74) is 1.11. The molecule has 0 radical (unpaired) electrons. The van der Waals surface area contributed by atoms with Gasteiger partial charge in [0.05, 0.1) is 6.04 Å². The molecule has 1 fully saturated rings. The van der Waals surface area contributed by atoms with E-state index in [4.69, 9.17) is 4.74 Å². The zero-order valence-corrected chi connectivity index (χ0v) is 18.5. The Bertz CT molecular complexity index is 852. The second-order valence-electron chi connectivity index (χ2n) is 8.97. The summed E-state index contributed by atoms with van der Waals surface area (Å²) in [4.78, 5) is 25.8. The van der Waals surface area contributed by atoms with Gasteiger partial charge >= 0.3 is 5.97 Å². The number of benzene rings is 2. The number of carbonyl (C=O) groups is 2. The van der Waals surface area contributed by atoms with Crippen LogP contribution in [0.25, 0.3) is 0 Å². The first kappa shape index (κ1) is 23.0. The summed E-state index contributed by atoms with van der Waals surface area (Å²) >= 11 is 0. The Labute approximate surface area is 184 Å². The van der Waals surface area contributed by atoms with Gasteiger partial charge < -0.3 is 15.2 Å². The van der Waals surface area contributed by atoms with Crippen LogP contribution in [0, 0.1) is 17.8 Å². The first-order chi connectivity index (χ1) is 14.9. The van der Waals surface area contributed by atoms with Crippen molar-refractivity contribution in [1.29, 1.82) is 0 Å². The van der Waals surface area contributed by atoms with Crippen molar-refractivity contribution in [3.05, 3.63) is 71.8 Å². The van der Waals surface area contributed by atoms with Gasteiger partial charge in [0.1, 0.15) is 6.10 Å². The molecular weight excluding hydrogens is 390 g/mol. The molecule has 2 N–H and O–H groups in total. The van der Waals surface area contributed by atoms with Crippen LogP contribution >= 0.6 is 0 Å². The fourth-order valence-corrected chi connectivity index (χ4v) is 4.42. The molecule has 0 heterocycles. The highest BCUT2D eigenvalue weighted by Crippen LogP contribution is 2.36. The minimum absolute atomic E-state index is 0.216. The number of nitrogens with one attached hydrogen (secondary N) is 1. The number of hydrogen-bond acceptors (Lipinski definition) is 4. The fraction of sp³-hybridized carbons (Fsp3) is 0.462. The lowest BCUT2D eigenvalue weighted by molar-refractivity contribution is -0.167. The molecular formula is C26H33NO4. The molecule has 3 rings (SSSR count). The number of ether oxygens (including phenoxy) is 1. The minimum Gasteiger partial charge on any atom is -0.460 e. The molecule has 31 heavy (non-hydrogen) atoms. The lowest BCUT2D eigenvalue weighted by Crippen LogP contribution is -2.44. The van der Waals surface area contributed by atoms with Crippen molar-refractivity contribution in [3.63, 3.8) is 0 Å². The monoisotopic (exact) mass is 423 g/mol. The zero-order chi connectivity index (χ0) is 22.4. The molecule has 0 saturated heterocycles. The maximum absolute atomic E-state index is 13.0. The second-order valence-corrected chi connectivity index (χ2v) is 8.97. The van der Waals surface area contributed by atoms with E-state index in [0.717, 1.165) is 19.3 Å². The van der Waals surface area contributed by atoms with Crippen LogP contribution in [0.4, 0.5) is 0 Å². The number of esters is 1. The Morgan fingerprint density at radius 1 is 1.00 bits per heavy atom. The molecule has 5 heteroatoms. The molecule has 0 spiro atoms.